The van der Waals surface area contributed by atoms with Crippen molar-refractivity contribution in [2.24, 2.45) is 0 Å². The molecule has 2 heteroatoms. The van der Waals surface area contributed by atoms with Crippen LogP contribution in [0.5, 0.6) is 0 Å². The second kappa shape index (κ2) is 4.88. The summed E-state index contributed by atoms with van der Waals surface area (Å²) >= 11 is 0. The quantitative estimate of drug-likeness (QED) is 0.681. The molecule has 19 heavy (non-hydrogen) atoms. The van der Waals surface area contributed by atoms with Gasteiger partial charge in [-0.25, -0.2) is 0 Å². The maximum absolute atomic E-state index is 4.55. The third-order valence-electron chi connectivity index (χ3n) is 3.49. The molecule has 1 aromatic heterocycles. The number of benzene rings is 2. The highest BCUT2D eigenvalue weighted by molar-refractivity contribution is 5.82. The molecule has 3 aromatic rings. The average Bonchev–Trinajstić information content (AvgIpc) is 2.83. The molecule has 0 radical (unpaired) electrons. The normalized spacial score (nSPS) is 11.3. The van der Waals surface area contributed by atoms with E-state index in [1.165, 1.54) is 22.0 Å². The van der Waals surface area contributed by atoms with E-state index < -0.39 is 0 Å². The predicted octanol–water partition coefficient (Wildman–Crippen LogP) is 4.21. The van der Waals surface area contributed by atoms with Gasteiger partial charge in [-0.2, -0.15) is 5.10 Å². The van der Waals surface area contributed by atoms with Crippen molar-refractivity contribution in [1.29, 1.82) is 0 Å². The Morgan fingerprint density at radius 1 is 1.00 bits per heavy atom. The molecule has 0 saturated heterocycles. The van der Waals surface area contributed by atoms with Gasteiger partial charge in [0.2, 0.25) is 0 Å². The Morgan fingerprint density at radius 2 is 1.79 bits per heavy atom. The minimum Gasteiger partial charge on any atom is -0.260 e. The molecule has 0 bridgehead atoms. The number of aromatic nitrogens is 2. The van der Waals surface area contributed by atoms with Crippen molar-refractivity contribution in [2.45, 2.75) is 26.3 Å². The highest BCUT2D eigenvalue weighted by atomic mass is 15.3. The van der Waals surface area contributed by atoms with Crippen molar-refractivity contribution in [2.75, 3.05) is 0 Å². The lowest BCUT2D eigenvalue weighted by molar-refractivity contribution is 0.704. The fourth-order valence-corrected chi connectivity index (χ4v) is 2.51. The molecule has 0 aliphatic heterocycles. The van der Waals surface area contributed by atoms with Gasteiger partial charge in [-0.15, -0.1) is 0 Å². The molecule has 0 unspecified atom stereocenters. The van der Waals surface area contributed by atoms with E-state index in [1.807, 2.05) is 12.3 Å². The van der Waals surface area contributed by atoms with Gasteiger partial charge in [0, 0.05) is 5.39 Å². The lowest BCUT2D eigenvalue weighted by Crippen LogP contribution is -2.03. The summed E-state index contributed by atoms with van der Waals surface area (Å²) in [5, 5.41) is 5.77. The predicted molar refractivity (Wildman–Crippen MR) is 79.4 cm³/mol. The molecule has 0 atom stereocenters. The van der Waals surface area contributed by atoms with E-state index in [0.717, 1.165) is 6.54 Å². The van der Waals surface area contributed by atoms with E-state index in [-0.39, 0.29) is 0 Å². The van der Waals surface area contributed by atoms with E-state index >= 15 is 0 Å². The fourth-order valence-electron chi connectivity index (χ4n) is 2.51. The summed E-state index contributed by atoms with van der Waals surface area (Å²) in [6.07, 6.45) is 1.96. The first-order chi connectivity index (χ1) is 9.25. The van der Waals surface area contributed by atoms with Crippen LogP contribution in [0.2, 0.25) is 0 Å². The van der Waals surface area contributed by atoms with Crippen LogP contribution in [-0.4, -0.2) is 9.78 Å². The van der Waals surface area contributed by atoms with Crippen LogP contribution < -0.4 is 0 Å². The summed E-state index contributed by atoms with van der Waals surface area (Å²) in [5.74, 6) is 0.509. The maximum Gasteiger partial charge on any atom is 0.0720 e. The van der Waals surface area contributed by atoms with Crippen LogP contribution in [-0.2, 0) is 6.54 Å². The first-order valence-electron chi connectivity index (χ1n) is 6.74. The van der Waals surface area contributed by atoms with E-state index in [0.29, 0.717) is 5.92 Å². The number of hydrogen-bond acceptors (Lipinski definition) is 1. The van der Waals surface area contributed by atoms with Gasteiger partial charge in [0.1, 0.15) is 0 Å². The van der Waals surface area contributed by atoms with Gasteiger partial charge >= 0.3 is 0 Å². The summed E-state index contributed by atoms with van der Waals surface area (Å²) < 4.78 is 2.11. The van der Waals surface area contributed by atoms with Gasteiger partial charge in [-0.1, -0.05) is 62.4 Å². The Kier molecular flexibility index (Phi) is 3.08. The first-order valence-corrected chi connectivity index (χ1v) is 6.74. The van der Waals surface area contributed by atoms with Crippen LogP contribution in [0, 0.1) is 0 Å². The van der Waals surface area contributed by atoms with Crippen molar-refractivity contribution in [3.8, 4) is 0 Å². The topological polar surface area (TPSA) is 17.8 Å². The van der Waals surface area contributed by atoms with Crippen LogP contribution in [0.4, 0.5) is 0 Å². The zero-order valence-corrected chi connectivity index (χ0v) is 11.4. The van der Waals surface area contributed by atoms with E-state index in [4.69, 9.17) is 0 Å². The molecular formula is C17H18N2. The Morgan fingerprint density at radius 3 is 2.53 bits per heavy atom. The number of para-hydroxylation sites is 1. The molecular weight excluding hydrogens is 232 g/mol. The maximum atomic E-state index is 4.55. The van der Waals surface area contributed by atoms with Crippen LogP contribution in [0.3, 0.4) is 0 Å². The third-order valence-corrected chi connectivity index (χ3v) is 3.49. The fraction of sp³-hybridized carbons (Fsp3) is 0.235. The molecule has 0 aliphatic carbocycles. The first kappa shape index (κ1) is 12.0. The van der Waals surface area contributed by atoms with Crippen molar-refractivity contribution in [1.82, 2.24) is 9.78 Å². The summed E-state index contributed by atoms with van der Waals surface area (Å²) in [4.78, 5) is 0. The zero-order chi connectivity index (χ0) is 13.2. The van der Waals surface area contributed by atoms with Gasteiger partial charge in [0.15, 0.2) is 0 Å². The van der Waals surface area contributed by atoms with Gasteiger partial charge in [-0.3, -0.25) is 4.68 Å². The zero-order valence-electron chi connectivity index (χ0n) is 11.4. The minimum atomic E-state index is 0.509. The molecule has 3 rings (SSSR count). The number of rotatable bonds is 3. The summed E-state index contributed by atoms with van der Waals surface area (Å²) in [7, 11) is 0. The molecule has 0 aliphatic rings. The Labute approximate surface area is 113 Å². The van der Waals surface area contributed by atoms with Gasteiger partial charge < -0.3 is 0 Å². The van der Waals surface area contributed by atoms with Crippen LogP contribution >= 0.6 is 0 Å². The lowest BCUT2D eigenvalue weighted by Gasteiger charge is -2.11. The smallest absolute Gasteiger partial charge is 0.0720 e. The molecule has 0 fully saturated rings. The summed E-state index contributed by atoms with van der Waals surface area (Å²) in [5.41, 5.74) is 3.92. The molecule has 0 N–H and O–H groups in total. The molecule has 2 aromatic carbocycles. The molecule has 0 saturated carbocycles. The summed E-state index contributed by atoms with van der Waals surface area (Å²) in [6.45, 7) is 5.29. The van der Waals surface area contributed by atoms with Crippen LogP contribution in [0.25, 0.3) is 10.9 Å². The monoisotopic (exact) mass is 250 g/mol. The minimum absolute atomic E-state index is 0.509. The van der Waals surface area contributed by atoms with Crippen LogP contribution in [0.15, 0.2) is 54.7 Å². The second-order valence-corrected chi connectivity index (χ2v) is 5.23. The van der Waals surface area contributed by atoms with E-state index in [1.54, 1.807) is 0 Å². The highest BCUT2D eigenvalue weighted by Crippen LogP contribution is 2.25. The molecule has 1 heterocycles. The molecule has 96 valence electrons. The number of nitrogens with zero attached hydrogens (tertiary/aromatic N) is 2. The average molecular weight is 250 g/mol. The standard InChI is InChI=1S/C17H18N2/c1-13(2)16-10-6-9-15-11-18-19(17(15)16)12-14-7-4-3-5-8-14/h3-11,13H,12H2,1-2H3. The van der Waals surface area contributed by atoms with E-state index in [2.05, 4.69) is 66.1 Å². The Balaban J connectivity index is 2.09. The molecule has 2 nitrogen and oxygen atoms in total. The van der Waals surface area contributed by atoms with Crippen molar-refractivity contribution >= 4 is 10.9 Å². The van der Waals surface area contributed by atoms with Crippen molar-refractivity contribution < 1.29 is 0 Å². The largest absolute Gasteiger partial charge is 0.260 e. The van der Waals surface area contributed by atoms with Crippen molar-refractivity contribution in [3.05, 3.63) is 65.9 Å². The van der Waals surface area contributed by atoms with Crippen LogP contribution in [0.1, 0.15) is 30.9 Å². The van der Waals surface area contributed by atoms with Gasteiger partial charge in [0.05, 0.1) is 18.3 Å². The van der Waals surface area contributed by atoms with E-state index in [9.17, 15) is 0 Å². The molecule has 0 spiro atoms. The Hall–Kier alpha value is -2.09. The Bertz CT molecular complexity index is 681. The number of fused-ring (bicyclic) bond motifs is 1. The summed E-state index contributed by atoms with van der Waals surface area (Å²) in [6, 6.07) is 16.9. The van der Waals surface area contributed by atoms with Gasteiger partial charge in [0.25, 0.3) is 0 Å². The second-order valence-electron chi connectivity index (χ2n) is 5.23. The third kappa shape index (κ3) is 2.26. The van der Waals surface area contributed by atoms with Gasteiger partial charge in [-0.05, 0) is 17.0 Å². The SMILES string of the molecule is CC(C)c1cccc2cnn(Cc3ccccc3)c12. The molecule has 0 amide bonds. The van der Waals surface area contributed by atoms with Crippen molar-refractivity contribution in [3.63, 3.8) is 0 Å². The lowest BCUT2D eigenvalue weighted by atomic mass is 10.0. The highest BCUT2D eigenvalue weighted by Gasteiger charge is 2.10. The number of hydrogen-bond donors (Lipinski definition) is 0.